The fourth-order valence-electron chi connectivity index (χ4n) is 12.2. The van der Waals surface area contributed by atoms with Crippen LogP contribution in [0.25, 0.3) is 0 Å². The second-order valence-electron chi connectivity index (χ2n) is 21.2. The van der Waals surface area contributed by atoms with E-state index in [2.05, 4.69) is 53.1 Å². The van der Waals surface area contributed by atoms with Gasteiger partial charge in [0.05, 0.1) is 48.7 Å². The number of hydrogen-bond acceptors (Lipinski definition) is 9. The molecule has 6 rings (SSSR count). The molecule has 0 aromatic carbocycles. The molecule has 6 aliphatic rings. The van der Waals surface area contributed by atoms with E-state index in [1.54, 1.807) is 0 Å². The van der Waals surface area contributed by atoms with Crippen LogP contribution in [0.3, 0.4) is 0 Å². The molecule has 0 saturated carbocycles. The van der Waals surface area contributed by atoms with Gasteiger partial charge in [0.2, 0.25) is 0 Å². The van der Waals surface area contributed by atoms with Crippen LogP contribution in [-0.4, -0.2) is 82.8 Å². The Bertz CT molecular complexity index is 1620. The zero-order valence-corrected chi connectivity index (χ0v) is 42.8. The van der Waals surface area contributed by atoms with E-state index >= 15 is 0 Å². The van der Waals surface area contributed by atoms with E-state index in [0.29, 0.717) is 50.2 Å². The van der Waals surface area contributed by atoms with Crippen molar-refractivity contribution in [2.75, 3.05) is 13.2 Å². The van der Waals surface area contributed by atoms with Crippen molar-refractivity contribution in [3.63, 3.8) is 0 Å². The number of aliphatic imine (C=N–C) groups is 1. The predicted octanol–water partition coefficient (Wildman–Crippen LogP) is 12.8. The summed E-state index contributed by atoms with van der Waals surface area (Å²) < 4.78 is 14.7. The summed E-state index contributed by atoms with van der Waals surface area (Å²) in [6, 6.07) is 1.89. The quantitative estimate of drug-likeness (QED) is 0.0328. The Balaban J connectivity index is 1.03. The molecule has 0 radical (unpaired) electrons. The van der Waals surface area contributed by atoms with E-state index in [9.17, 15) is 9.59 Å². The minimum atomic E-state index is -0.176. The highest BCUT2D eigenvalue weighted by atomic mass is 16.5. The molecule has 6 heterocycles. The predicted molar refractivity (Wildman–Crippen MR) is 272 cm³/mol. The van der Waals surface area contributed by atoms with Crippen LogP contribution in [0.1, 0.15) is 259 Å². The molecule has 0 aromatic rings. The molecule has 66 heavy (non-hydrogen) atoms. The first-order valence-electron chi connectivity index (χ1n) is 28.6. The van der Waals surface area contributed by atoms with Gasteiger partial charge < -0.3 is 19.7 Å². The lowest BCUT2D eigenvalue weighted by Gasteiger charge is -2.43. The van der Waals surface area contributed by atoms with Gasteiger partial charge in [-0.1, -0.05) is 169 Å². The lowest BCUT2D eigenvalue weighted by Crippen LogP contribution is -2.59. The fraction of sp³-hybridized carbons (Fsp3) is 0.857. The molecule has 0 bridgehead atoms. The largest absolute Gasteiger partial charge is 0.462 e. The molecule has 0 aliphatic carbocycles. The normalized spacial score (nSPS) is 24.2. The van der Waals surface area contributed by atoms with Crippen molar-refractivity contribution in [1.29, 1.82) is 0 Å². The molecule has 0 amide bonds. The summed E-state index contributed by atoms with van der Waals surface area (Å²) in [4.78, 5) is 36.0. The summed E-state index contributed by atoms with van der Waals surface area (Å²) in [6.45, 7) is 9.77. The Morgan fingerprint density at radius 3 is 1.71 bits per heavy atom. The number of allylic oxidation sites excluding steroid dienone is 2. The van der Waals surface area contributed by atoms with Crippen molar-refractivity contribution in [3.05, 3.63) is 22.5 Å². The zero-order valence-electron chi connectivity index (χ0n) is 42.8. The Hall–Kier alpha value is -3.04. The lowest BCUT2D eigenvalue weighted by molar-refractivity contribution is -0.580. The van der Waals surface area contributed by atoms with Crippen molar-refractivity contribution in [2.45, 2.75) is 295 Å². The van der Waals surface area contributed by atoms with Gasteiger partial charge >= 0.3 is 17.9 Å². The number of rotatable bonds is 35. The van der Waals surface area contributed by atoms with Crippen LogP contribution in [-0.2, 0) is 19.1 Å². The van der Waals surface area contributed by atoms with E-state index in [4.69, 9.17) is 14.5 Å². The molecule has 6 atom stereocenters. The number of carbonyl (C=O) groups is 2. The minimum Gasteiger partial charge on any atom is -0.462 e. The zero-order chi connectivity index (χ0) is 46.4. The Kier molecular flexibility index (Phi) is 23.1. The van der Waals surface area contributed by atoms with Crippen molar-refractivity contribution in [3.8, 4) is 0 Å². The van der Waals surface area contributed by atoms with E-state index in [1.807, 2.05) is 0 Å². The first-order valence-corrected chi connectivity index (χ1v) is 28.6. The van der Waals surface area contributed by atoms with Crippen LogP contribution in [0, 0.1) is 0 Å². The second-order valence-corrected chi connectivity index (χ2v) is 21.2. The monoisotopic (exact) mass is 918 g/mol. The average Bonchev–Trinajstić information content (AvgIpc) is 3.95. The third-order valence-electron chi connectivity index (χ3n) is 15.9. The molecule has 0 unspecified atom stereocenters. The molecule has 10 nitrogen and oxygen atoms in total. The highest BCUT2D eigenvalue weighted by Gasteiger charge is 2.49. The van der Waals surface area contributed by atoms with E-state index < -0.39 is 0 Å². The van der Waals surface area contributed by atoms with Crippen molar-refractivity contribution < 1.29 is 23.6 Å². The number of hydrogen-bond donors (Lipinski definition) is 3. The standard InChI is InChI=1S/C56H96N6O4/c1-5-9-13-17-19-23-27-33-47-51(49-37-35-45-41-43(31-25-21-15-11-7-3)57-55(59-47)61(45)49)53(63)65-39-29-30-40-66-54(64)52-48(34-28-24-20-18-14-10-6-2)60-56-58-44(32-26-22-16-12-8-4)42-46-36-38-50(52)62(46)56/h43-46,49-50H,5-42H2,1-4H3,(H2,57,58,59,60,63,64)/p+1/t43-,44-,45+,46+,49-,50-/m0/s1. The molecule has 0 aromatic heterocycles. The summed E-state index contributed by atoms with van der Waals surface area (Å²) in [6.07, 6.45) is 42.4. The van der Waals surface area contributed by atoms with Crippen LogP contribution in [0.2, 0.25) is 0 Å². The number of nitrogens with zero attached hydrogens (tertiary/aromatic N) is 3. The van der Waals surface area contributed by atoms with Crippen molar-refractivity contribution in [2.24, 2.45) is 4.99 Å². The highest BCUT2D eigenvalue weighted by molar-refractivity contribution is 5.96. The summed E-state index contributed by atoms with van der Waals surface area (Å²) in [7, 11) is 0. The molecule has 374 valence electrons. The summed E-state index contributed by atoms with van der Waals surface area (Å²) in [5, 5.41) is 11.5. The third-order valence-corrected chi connectivity index (χ3v) is 15.9. The lowest BCUT2D eigenvalue weighted by atomic mass is 9.96. The highest BCUT2D eigenvalue weighted by Crippen LogP contribution is 2.40. The molecule has 10 heteroatoms. The number of guanidine groups is 2. The number of unbranched alkanes of at least 4 members (excludes halogenated alkanes) is 21. The maximum atomic E-state index is 14.1. The van der Waals surface area contributed by atoms with Gasteiger partial charge in [0.1, 0.15) is 11.6 Å². The SMILES string of the molecule is CCCCCCCCCC1=C(C(=O)OCCCCOC(=O)C2=C(CCCCCCCCC)NC3=[N+]4[C@H](CC[C@@H]24)C[C@H](CCCCCCC)N3)[C@@H]2CC[C@@H]3C[C@H](CCCCCCC)N=C(N1)N32. The summed E-state index contributed by atoms with van der Waals surface area (Å²) >= 11 is 0. The van der Waals surface area contributed by atoms with Crippen molar-refractivity contribution in [1.82, 2.24) is 20.9 Å². The molecule has 6 aliphatic heterocycles. The number of ether oxygens (including phenoxy) is 2. The summed E-state index contributed by atoms with van der Waals surface area (Å²) in [5.74, 6) is 1.80. The van der Waals surface area contributed by atoms with E-state index in [0.717, 1.165) is 105 Å². The van der Waals surface area contributed by atoms with Crippen LogP contribution in [0.15, 0.2) is 27.5 Å². The average molecular weight is 918 g/mol. The molecule has 0 spiro atoms. The number of nitrogens with one attached hydrogen (secondary N) is 3. The number of carbonyl (C=O) groups excluding carboxylic acids is 2. The van der Waals surface area contributed by atoms with Crippen LogP contribution in [0.4, 0.5) is 0 Å². The van der Waals surface area contributed by atoms with Gasteiger partial charge in [-0.15, -0.1) is 0 Å². The van der Waals surface area contributed by atoms with Gasteiger partial charge in [-0.05, 0) is 77.0 Å². The molecular formula is C56H97N6O4+. The van der Waals surface area contributed by atoms with Gasteiger partial charge in [0, 0.05) is 24.6 Å². The van der Waals surface area contributed by atoms with Gasteiger partial charge in [0.25, 0.3) is 0 Å². The molecular weight excluding hydrogens is 821 g/mol. The van der Waals surface area contributed by atoms with Gasteiger partial charge in [-0.2, -0.15) is 0 Å². The van der Waals surface area contributed by atoms with Gasteiger partial charge in [-0.25, -0.2) is 19.9 Å². The first-order chi connectivity index (χ1) is 32.5. The fourth-order valence-corrected chi connectivity index (χ4v) is 12.2. The van der Waals surface area contributed by atoms with Crippen molar-refractivity contribution >= 4 is 23.9 Å². The smallest absolute Gasteiger partial charge is 0.351 e. The summed E-state index contributed by atoms with van der Waals surface area (Å²) in [5.41, 5.74) is 3.82. The topological polar surface area (TPSA) is 107 Å². The third kappa shape index (κ3) is 15.2. The van der Waals surface area contributed by atoms with Gasteiger partial charge in [-0.3, -0.25) is 9.89 Å². The maximum absolute atomic E-state index is 14.1. The van der Waals surface area contributed by atoms with Crippen LogP contribution in [0.5, 0.6) is 0 Å². The van der Waals surface area contributed by atoms with E-state index in [1.165, 1.54) is 148 Å². The Morgan fingerprint density at radius 1 is 0.576 bits per heavy atom. The molecule has 2 saturated heterocycles. The second kappa shape index (κ2) is 29.1. The Morgan fingerprint density at radius 2 is 1.11 bits per heavy atom. The molecule has 3 N–H and O–H groups in total. The van der Waals surface area contributed by atoms with E-state index in [-0.39, 0.29) is 24.0 Å². The minimum absolute atomic E-state index is 0.0469. The number of esters is 2. The Labute approximate surface area is 402 Å². The van der Waals surface area contributed by atoms with Crippen LogP contribution < -0.4 is 16.0 Å². The van der Waals surface area contributed by atoms with Crippen LogP contribution >= 0.6 is 0 Å². The molecule has 2 fully saturated rings. The maximum Gasteiger partial charge on any atom is 0.351 e. The van der Waals surface area contributed by atoms with Gasteiger partial charge in [0.15, 0.2) is 5.96 Å². The first kappa shape index (κ1) is 52.3.